The molecule has 0 aromatic heterocycles. The van der Waals surface area contributed by atoms with Crippen LogP contribution in [0.4, 0.5) is 10.1 Å². The number of piperazine rings is 1. The van der Waals surface area contributed by atoms with Crippen molar-refractivity contribution in [1.82, 2.24) is 4.90 Å². The lowest BCUT2D eigenvalue weighted by Gasteiger charge is -2.32. The van der Waals surface area contributed by atoms with Crippen molar-refractivity contribution in [2.45, 2.75) is 6.54 Å². The number of quaternary nitrogens is 1. The van der Waals surface area contributed by atoms with Gasteiger partial charge in [0, 0.05) is 5.56 Å². The third-order valence-corrected chi connectivity index (χ3v) is 5.64. The predicted molar refractivity (Wildman–Crippen MR) is 110 cm³/mol. The number of hydrogen-bond acceptors (Lipinski definition) is 3. The summed E-state index contributed by atoms with van der Waals surface area (Å²) in [6, 6.07) is 16.4. The first-order valence-corrected chi connectivity index (χ1v) is 10.5. The minimum absolute atomic E-state index is 0.0578. The van der Waals surface area contributed by atoms with E-state index >= 15 is 0 Å². The molecule has 3 rings (SSSR count). The summed E-state index contributed by atoms with van der Waals surface area (Å²) in [4.78, 5) is 27.6. The van der Waals surface area contributed by atoms with Gasteiger partial charge in [-0.15, -0.1) is 11.8 Å². The molecule has 1 aliphatic rings. The molecule has 2 aromatic rings. The van der Waals surface area contributed by atoms with E-state index in [1.165, 1.54) is 34.4 Å². The van der Waals surface area contributed by atoms with Crippen LogP contribution in [0.5, 0.6) is 0 Å². The fraction of sp³-hybridized carbons (Fsp3) is 0.333. The number of benzene rings is 2. The summed E-state index contributed by atoms with van der Waals surface area (Å²) in [6.45, 7) is 4.32. The van der Waals surface area contributed by atoms with Crippen molar-refractivity contribution < 1.29 is 18.9 Å². The average Bonchev–Trinajstić information content (AvgIpc) is 2.71. The third kappa shape index (κ3) is 6.07. The number of anilines is 1. The first-order valence-electron chi connectivity index (χ1n) is 9.39. The number of carbonyl (C=O) groups excluding carboxylic acids is 2. The zero-order valence-corrected chi connectivity index (χ0v) is 16.5. The summed E-state index contributed by atoms with van der Waals surface area (Å²) in [7, 11) is 0. The molecule has 2 N–H and O–H groups in total. The Kier molecular flexibility index (Phi) is 7.45. The maximum atomic E-state index is 13.5. The number of thioether (sulfide) groups is 1. The number of halogens is 1. The van der Waals surface area contributed by atoms with Crippen LogP contribution < -0.4 is 10.2 Å². The van der Waals surface area contributed by atoms with Gasteiger partial charge >= 0.3 is 0 Å². The monoisotopic (exact) mass is 402 g/mol. The fourth-order valence-corrected chi connectivity index (χ4v) is 3.92. The van der Waals surface area contributed by atoms with Gasteiger partial charge in [-0.3, -0.25) is 9.59 Å². The van der Waals surface area contributed by atoms with E-state index in [0.29, 0.717) is 0 Å². The van der Waals surface area contributed by atoms with Crippen molar-refractivity contribution >= 4 is 29.3 Å². The van der Waals surface area contributed by atoms with Crippen molar-refractivity contribution in [2.75, 3.05) is 43.0 Å². The molecule has 0 radical (unpaired) electrons. The van der Waals surface area contributed by atoms with Crippen LogP contribution in [0.3, 0.4) is 0 Å². The molecule has 1 saturated heterocycles. The maximum absolute atomic E-state index is 13.5. The molecule has 7 heteroatoms. The van der Waals surface area contributed by atoms with Crippen molar-refractivity contribution in [3.05, 3.63) is 66.0 Å². The number of carbonyl (C=O) groups is 2. The average molecular weight is 403 g/mol. The van der Waals surface area contributed by atoms with Gasteiger partial charge in [0.05, 0.1) is 43.4 Å². The summed E-state index contributed by atoms with van der Waals surface area (Å²) in [5.74, 6) is -0.326. The lowest BCUT2D eigenvalue weighted by Crippen LogP contribution is -3.13. The quantitative estimate of drug-likeness (QED) is 0.737. The second-order valence-corrected chi connectivity index (χ2v) is 7.80. The molecule has 148 valence electrons. The van der Waals surface area contributed by atoms with E-state index in [2.05, 4.69) is 17.4 Å². The van der Waals surface area contributed by atoms with Crippen LogP contribution in [0.1, 0.15) is 5.56 Å². The molecule has 1 fully saturated rings. The molecule has 1 heterocycles. The van der Waals surface area contributed by atoms with Crippen molar-refractivity contribution in [1.29, 1.82) is 0 Å². The van der Waals surface area contributed by atoms with E-state index in [1.54, 1.807) is 12.1 Å². The topological polar surface area (TPSA) is 53.9 Å². The highest BCUT2D eigenvalue weighted by molar-refractivity contribution is 8.00. The van der Waals surface area contributed by atoms with Crippen LogP contribution in [0, 0.1) is 5.82 Å². The standard InChI is InChI=1S/C21H24FN3O2S/c22-18-8-4-5-9-19(18)23-20(26)15-28-16-21(27)25-12-10-24(11-13-25)14-17-6-2-1-3-7-17/h1-9H,10-16H2,(H,23,26)/p+1. The molecular weight excluding hydrogens is 377 g/mol. The molecule has 2 amide bonds. The van der Waals surface area contributed by atoms with Crippen LogP contribution in [-0.2, 0) is 16.1 Å². The molecule has 5 nitrogen and oxygen atoms in total. The maximum Gasteiger partial charge on any atom is 0.234 e. The highest BCUT2D eigenvalue weighted by Crippen LogP contribution is 2.13. The van der Waals surface area contributed by atoms with Gasteiger partial charge in [-0.25, -0.2) is 4.39 Å². The Balaban J connectivity index is 1.34. The van der Waals surface area contributed by atoms with Gasteiger partial charge in [-0.2, -0.15) is 0 Å². The van der Waals surface area contributed by atoms with Crippen molar-refractivity contribution in [3.8, 4) is 0 Å². The highest BCUT2D eigenvalue weighted by atomic mass is 32.2. The van der Waals surface area contributed by atoms with E-state index in [1.807, 2.05) is 23.1 Å². The first-order chi connectivity index (χ1) is 13.6. The van der Waals surface area contributed by atoms with Crippen molar-refractivity contribution in [2.24, 2.45) is 0 Å². The predicted octanol–water partition coefficient (Wildman–Crippen LogP) is 1.42. The Morgan fingerprint density at radius 2 is 1.68 bits per heavy atom. The van der Waals surface area contributed by atoms with Gasteiger partial charge in [0.1, 0.15) is 12.4 Å². The fourth-order valence-electron chi connectivity index (χ4n) is 3.20. The lowest BCUT2D eigenvalue weighted by molar-refractivity contribution is -0.917. The zero-order chi connectivity index (χ0) is 19.8. The van der Waals surface area contributed by atoms with Gasteiger partial charge in [-0.1, -0.05) is 42.5 Å². The third-order valence-electron chi connectivity index (χ3n) is 4.73. The van der Waals surface area contributed by atoms with E-state index in [0.717, 1.165) is 32.7 Å². The van der Waals surface area contributed by atoms with Gasteiger partial charge in [0.15, 0.2) is 0 Å². The van der Waals surface area contributed by atoms with Gasteiger partial charge in [0.25, 0.3) is 0 Å². The Morgan fingerprint density at radius 1 is 1.00 bits per heavy atom. The Morgan fingerprint density at radius 3 is 2.39 bits per heavy atom. The zero-order valence-electron chi connectivity index (χ0n) is 15.7. The summed E-state index contributed by atoms with van der Waals surface area (Å²) in [6.07, 6.45) is 0. The highest BCUT2D eigenvalue weighted by Gasteiger charge is 2.23. The van der Waals surface area contributed by atoms with Crippen LogP contribution in [0.15, 0.2) is 54.6 Å². The molecular formula is C21H25FN3O2S+. The minimum Gasteiger partial charge on any atom is -0.331 e. The van der Waals surface area contributed by atoms with Crippen molar-refractivity contribution in [3.63, 3.8) is 0 Å². The van der Waals surface area contributed by atoms with Gasteiger partial charge in [-0.05, 0) is 12.1 Å². The molecule has 1 aliphatic heterocycles. The van der Waals surface area contributed by atoms with Crippen LogP contribution >= 0.6 is 11.8 Å². The number of nitrogens with zero attached hydrogens (tertiary/aromatic N) is 1. The van der Waals surface area contributed by atoms with Crippen LogP contribution in [0.2, 0.25) is 0 Å². The van der Waals surface area contributed by atoms with E-state index in [4.69, 9.17) is 0 Å². The summed E-state index contributed by atoms with van der Waals surface area (Å²) in [5.41, 5.74) is 1.48. The lowest BCUT2D eigenvalue weighted by atomic mass is 10.2. The number of amides is 2. The molecule has 0 spiro atoms. The largest absolute Gasteiger partial charge is 0.331 e. The van der Waals surface area contributed by atoms with Gasteiger partial charge in [0.2, 0.25) is 11.8 Å². The SMILES string of the molecule is O=C(CSCC(=O)N1CC[NH+](Cc2ccccc2)CC1)Nc1ccccc1F. The summed E-state index contributed by atoms with van der Waals surface area (Å²) in [5, 5.41) is 2.53. The molecule has 28 heavy (non-hydrogen) atoms. The number of para-hydroxylation sites is 1. The first kappa shape index (κ1) is 20.4. The smallest absolute Gasteiger partial charge is 0.234 e. The second-order valence-electron chi connectivity index (χ2n) is 6.81. The molecule has 0 bridgehead atoms. The summed E-state index contributed by atoms with van der Waals surface area (Å²) < 4.78 is 13.5. The van der Waals surface area contributed by atoms with E-state index in [-0.39, 0.29) is 29.0 Å². The van der Waals surface area contributed by atoms with Crippen LogP contribution in [0.25, 0.3) is 0 Å². The molecule has 0 unspecified atom stereocenters. The van der Waals surface area contributed by atoms with E-state index in [9.17, 15) is 14.0 Å². The number of rotatable bonds is 7. The molecule has 0 saturated carbocycles. The Bertz CT molecular complexity index is 795. The van der Waals surface area contributed by atoms with E-state index < -0.39 is 5.82 Å². The minimum atomic E-state index is -0.465. The molecule has 0 atom stereocenters. The molecule has 2 aromatic carbocycles. The van der Waals surface area contributed by atoms with Crippen LogP contribution in [-0.4, -0.2) is 54.4 Å². The Hall–Kier alpha value is -2.38. The van der Waals surface area contributed by atoms with Gasteiger partial charge < -0.3 is 15.1 Å². The Labute approximate surface area is 168 Å². The normalized spacial score (nSPS) is 14.7. The summed E-state index contributed by atoms with van der Waals surface area (Å²) >= 11 is 1.26. The number of hydrogen-bond donors (Lipinski definition) is 2. The second kappa shape index (κ2) is 10.2. The molecule has 0 aliphatic carbocycles. The number of nitrogens with one attached hydrogen (secondary N) is 2.